The van der Waals surface area contributed by atoms with Gasteiger partial charge < -0.3 is 0 Å². The lowest BCUT2D eigenvalue weighted by Crippen LogP contribution is -2.58. The van der Waals surface area contributed by atoms with Crippen LogP contribution in [0.3, 0.4) is 0 Å². The molecule has 2 aliphatic heterocycles. The number of hydrogen-bond acceptors (Lipinski definition) is 3. The van der Waals surface area contributed by atoms with Crippen molar-refractivity contribution >= 4 is 23.2 Å². The molecule has 1 aromatic rings. The number of hydrogen-bond donors (Lipinski definition) is 0. The summed E-state index contributed by atoms with van der Waals surface area (Å²) in [6.45, 7) is 6.76. The van der Waals surface area contributed by atoms with Crippen molar-refractivity contribution in [1.29, 1.82) is 0 Å². The maximum absolute atomic E-state index is 6.27. The zero-order chi connectivity index (χ0) is 14.1. The maximum Gasteiger partial charge on any atom is 0.130 e. The molecule has 2 aliphatic rings. The van der Waals surface area contributed by atoms with Crippen molar-refractivity contribution in [1.82, 2.24) is 14.8 Å². The molecule has 0 bridgehead atoms. The van der Waals surface area contributed by atoms with Gasteiger partial charge in [-0.1, -0.05) is 29.6 Å². The van der Waals surface area contributed by atoms with Crippen LogP contribution in [0.5, 0.6) is 0 Å². The van der Waals surface area contributed by atoms with E-state index in [4.69, 9.17) is 23.2 Å². The van der Waals surface area contributed by atoms with Crippen LogP contribution in [-0.4, -0.2) is 46.5 Å². The van der Waals surface area contributed by atoms with Crippen LogP contribution in [-0.2, 0) is 6.54 Å². The predicted octanol–water partition coefficient (Wildman–Crippen LogP) is 3.45. The Morgan fingerprint density at radius 2 is 2.15 bits per heavy atom. The van der Waals surface area contributed by atoms with Gasteiger partial charge >= 0.3 is 0 Å². The SMILES string of the molecule is CC1CN2CCCCC2CN1Cc1cnc(Cl)cc1Cl. The van der Waals surface area contributed by atoms with E-state index in [1.165, 1.54) is 32.4 Å². The number of aromatic nitrogens is 1. The van der Waals surface area contributed by atoms with Gasteiger partial charge in [0.05, 0.1) is 0 Å². The van der Waals surface area contributed by atoms with Crippen LogP contribution in [0.1, 0.15) is 31.7 Å². The molecule has 3 nitrogen and oxygen atoms in total. The monoisotopic (exact) mass is 313 g/mol. The first-order valence-electron chi connectivity index (χ1n) is 7.41. The van der Waals surface area contributed by atoms with E-state index in [0.717, 1.165) is 29.7 Å². The van der Waals surface area contributed by atoms with Gasteiger partial charge in [-0.05, 0) is 32.4 Å². The summed E-state index contributed by atoms with van der Waals surface area (Å²) in [5.74, 6) is 0. The first-order chi connectivity index (χ1) is 9.63. The van der Waals surface area contributed by atoms with Crippen molar-refractivity contribution in [2.24, 2.45) is 0 Å². The maximum atomic E-state index is 6.27. The second-order valence-corrected chi connectivity index (χ2v) is 6.82. The molecule has 0 aromatic carbocycles. The standard InChI is InChI=1S/C15H21Cl2N3/c1-11-8-19-5-3-2-4-13(19)10-20(11)9-12-7-18-15(17)6-14(12)16/h6-7,11,13H,2-5,8-10H2,1H3. The molecule has 0 aliphatic carbocycles. The largest absolute Gasteiger partial charge is 0.298 e. The lowest BCUT2D eigenvalue weighted by molar-refractivity contribution is 0.0110. The molecule has 0 spiro atoms. The summed E-state index contributed by atoms with van der Waals surface area (Å²) >= 11 is 12.1. The lowest BCUT2D eigenvalue weighted by Gasteiger charge is -2.47. The second kappa shape index (κ2) is 6.18. The van der Waals surface area contributed by atoms with Crippen molar-refractivity contribution < 1.29 is 0 Å². The first kappa shape index (κ1) is 14.6. The average Bonchev–Trinajstić information content (AvgIpc) is 2.42. The van der Waals surface area contributed by atoms with Crippen molar-refractivity contribution in [3.8, 4) is 0 Å². The topological polar surface area (TPSA) is 19.4 Å². The highest BCUT2D eigenvalue weighted by atomic mass is 35.5. The van der Waals surface area contributed by atoms with E-state index in [2.05, 4.69) is 21.7 Å². The van der Waals surface area contributed by atoms with Gasteiger partial charge in [0.2, 0.25) is 0 Å². The minimum atomic E-state index is 0.462. The van der Waals surface area contributed by atoms with Crippen molar-refractivity contribution in [3.63, 3.8) is 0 Å². The van der Waals surface area contributed by atoms with E-state index in [9.17, 15) is 0 Å². The molecule has 0 amide bonds. The predicted molar refractivity (Wildman–Crippen MR) is 83.3 cm³/mol. The van der Waals surface area contributed by atoms with Crippen LogP contribution < -0.4 is 0 Å². The van der Waals surface area contributed by atoms with Gasteiger partial charge in [0.25, 0.3) is 0 Å². The third-order valence-electron chi connectivity index (χ3n) is 4.59. The van der Waals surface area contributed by atoms with E-state index in [0.29, 0.717) is 11.2 Å². The molecule has 110 valence electrons. The molecular weight excluding hydrogens is 293 g/mol. The molecule has 2 fully saturated rings. The average molecular weight is 314 g/mol. The van der Waals surface area contributed by atoms with Crippen molar-refractivity contribution in [2.75, 3.05) is 19.6 Å². The zero-order valence-electron chi connectivity index (χ0n) is 11.9. The molecule has 2 unspecified atom stereocenters. The third kappa shape index (κ3) is 3.11. The summed E-state index contributed by atoms with van der Waals surface area (Å²) in [5, 5.41) is 1.19. The highest BCUT2D eigenvalue weighted by molar-refractivity contribution is 6.34. The van der Waals surface area contributed by atoms with Crippen LogP contribution in [0.2, 0.25) is 10.2 Å². The zero-order valence-corrected chi connectivity index (χ0v) is 13.4. The molecule has 0 N–H and O–H groups in total. The Morgan fingerprint density at radius 1 is 1.30 bits per heavy atom. The molecule has 0 radical (unpaired) electrons. The number of fused-ring (bicyclic) bond motifs is 1. The van der Waals surface area contributed by atoms with Crippen molar-refractivity contribution in [2.45, 2.75) is 44.8 Å². The van der Waals surface area contributed by atoms with E-state index < -0.39 is 0 Å². The van der Waals surface area contributed by atoms with E-state index in [1.807, 2.05) is 6.20 Å². The first-order valence-corrected chi connectivity index (χ1v) is 8.17. The number of rotatable bonds is 2. The summed E-state index contributed by atoms with van der Waals surface area (Å²) in [6, 6.07) is 3.02. The van der Waals surface area contributed by atoms with E-state index >= 15 is 0 Å². The Balaban J connectivity index is 1.70. The Bertz CT molecular complexity index is 480. The minimum absolute atomic E-state index is 0.462. The number of piperidine rings is 1. The Morgan fingerprint density at radius 3 is 2.95 bits per heavy atom. The quantitative estimate of drug-likeness (QED) is 0.780. The molecule has 2 atom stereocenters. The summed E-state index contributed by atoms with van der Waals surface area (Å²) < 4.78 is 0. The van der Waals surface area contributed by atoms with Crippen LogP contribution in [0, 0.1) is 0 Å². The molecule has 0 saturated carbocycles. The number of nitrogens with zero attached hydrogens (tertiary/aromatic N) is 3. The van der Waals surface area contributed by atoms with E-state index in [-0.39, 0.29) is 0 Å². The number of pyridine rings is 1. The molecule has 3 heterocycles. The molecule has 3 rings (SSSR count). The van der Waals surface area contributed by atoms with Crippen LogP contribution in [0.4, 0.5) is 0 Å². The summed E-state index contributed by atoms with van der Waals surface area (Å²) in [7, 11) is 0. The van der Waals surface area contributed by atoms with Gasteiger partial charge in [0.15, 0.2) is 0 Å². The Kier molecular flexibility index (Phi) is 4.51. The second-order valence-electron chi connectivity index (χ2n) is 6.02. The summed E-state index contributed by atoms with van der Waals surface area (Å²) in [4.78, 5) is 9.35. The highest BCUT2D eigenvalue weighted by Crippen LogP contribution is 2.27. The number of piperazine rings is 1. The fraction of sp³-hybridized carbons (Fsp3) is 0.667. The van der Waals surface area contributed by atoms with Gasteiger partial charge in [-0.15, -0.1) is 0 Å². The smallest absolute Gasteiger partial charge is 0.130 e. The van der Waals surface area contributed by atoms with Gasteiger partial charge in [0, 0.05) is 48.5 Å². The summed E-state index contributed by atoms with van der Waals surface area (Å²) in [5.41, 5.74) is 1.08. The van der Waals surface area contributed by atoms with Crippen LogP contribution in [0.15, 0.2) is 12.3 Å². The number of halogens is 2. The van der Waals surface area contributed by atoms with Gasteiger partial charge in [-0.2, -0.15) is 0 Å². The van der Waals surface area contributed by atoms with Gasteiger partial charge in [0.1, 0.15) is 5.15 Å². The van der Waals surface area contributed by atoms with E-state index in [1.54, 1.807) is 6.07 Å². The minimum Gasteiger partial charge on any atom is -0.298 e. The van der Waals surface area contributed by atoms with Crippen LogP contribution in [0.25, 0.3) is 0 Å². The Hall–Kier alpha value is -0.350. The normalized spacial score (nSPS) is 28.4. The summed E-state index contributed by atoms with van der Waals surface area (Å²) in [6.07, 6.45) is 5.86. The Labute approximate surface area is 130 Å². The molecule has 2 saturated heterocycles. The van der Waals surface area contributed by atoms with Gasteiger partial charge in [-0.3, -0.25) is 9.80 Å². The molecule has 20 heavy (non-hydrogen) atoms. The fourth-order valence-corrected chi connectivity index (χ4v) is 3.83. The highest BCUT2D eigenvalue weighted by Gasteiger charge is 2.32. The molecular formula is C15H21Cl2N3. The van der Waals surface area contributed by atoms with Crippen LogP contribution >= 0.6 is 23.2 Å². The molecule has 1 aromatic heterocycles. The third-order valence-corrected chi connectivity index (χ3v) is 5.14. The molecule has 5 heteroatoms. The fourth-order valence-electron chi connectivity index (χ4n) is 3.40. The lowest BCUT2D eigenvalue weighted by atomic mass is 9.97. The van der Waals surface area contributed by atoms with Crippen molar-refractivity contribution in [3.05, 3.63) is 28.0 Å². The van der Waals surface area contributed by atoms with Gasteiger partial charge in [-0.25, -0.2) is 4.98 Å².